The summed E-state index contributed by atoms with van der Waals surface area (Å²) in [6.45, 7) is 0. The van der Waals surface area contributed by atoms with Crippen molar-refractivity contribution in [3.63, 3.8) is 0 Å². The van der Waals surface area contributed by atoms with Crippen LogP contribution in [0.5, 0.6) is 0 Å². The van der Waals surface area contributed by atoms with Crippen molar-refractivity contribution < 1.29 is 4.70 Å². The summed E-state index contributed by atoms with van der Waals surface area (Å²) < 4.78 is 0.682. The molecule has 0 radical (unpaired) electrons. The average molecular weight is 170 g/mol. The highest BCUT2D eigenvalue weighted by atomic mass is 32.1. The summed E-state index contributed by atoms with van der Waals surface area (Å²) in [6, 6.07) is 7.92. The van der Waals surface area contributed by atoms with Crippen LogP contribution in [0, 0.1) is 4.77 Å². The zero-order chi connectivity index (χ0) is 6.97. The Kier molecular flexibility index (Phi) is 2.05. The van der Waals surface area contributed by atoms with Gasteiger partial charge in [-0.25, -0.2) is 0 Å². The molecule has 11 heavy (non-hydrogen) atoms. The number of H-pyrrole nitrogens is 2. The molecular weight excluding hydrogens is 163 g/mol. The molecule has 0 atom stereocenters. The number of rotatable bonds is 0. The van der Waals surface area contributed by atoms with Crippen molar-refractivity contribution in [1.29, 1.82) is 0 Å². The SMILES string of the molecule is F.S=c1[nH]c2ccccc2[nH]1. The number of benzene rings is 1. The highest BCUT2D eigenvalue weighted by molar-refractivity contribution is 7.71. The monoisotopic (exact) mass is 170 g/mol. The number of hydrogen-bond donors (Lipinski definition) is 2. The normalized spacial score (nSPS) is 9.45. The Labute approximate surface area is 67.6 Å². The number of para-hydroxylation sites is 2. The lowest BCUT2D eigenvalue weighted by Gasteiger charge is -1.82. The lowest BCUT2D eigenvalue weighted by molar-refractivity contribution is 1.11. The predicted octanol–water partition coefficient (Wildman–Crippen LogP) is 2.38. The van der Waals surface area contributed by atoms with Crippen LogP contribution in [0.25, 0.3) is 11.0 Å². The molecule has 0 unspecified atom stereocenters. The molecule has 1 aromatic carbocycles. The Balaban J connectivity index is 0.000000605. The van der Waals surface area contributed by atoms with Crippen LogP contribution in [0.15, 0.2) is 24.3 Å². The molecule has 0 saturated heterocycles. The summed E-state index contributed by atoms with van der Waals surface area (Å²) in [5.41, 5.74) is 2.13. The van der Waals surface area contributed by atoms with Gasteiger partial charge in [0.05, 0.1) is 11.0 Å². The fraction of sp³-hybridized carbons (Fsp3) is 0. The first-order chi connectivity index (χ1) is 4.86. The van der Waals surface area contributed by atoms with Crippen LogP contribution < -0.4 is 0 Å². The molecule has 0 spiro atoms. The molecule has 58 valence electrons. The quantitative estimate of drug-likeness (QED) is 0.584. The third-order valence-corrected chi connectivity index (χ3v) is 1.63. The summed E-state index contributed by atoms with van der Waals surface area (Å²) in [5, 5.41) is 0. The van der Waals surface area contributed by atoms with Crippen LogP contribution >= 0.6 is 12.2 Å². The summed E-state index contributed by atoms with van der Waals surface area (Å²) in [5.74, 6) is 0. The molecule has 1 aromatic heterocycles. The van der Waals surface area contributed by atoms with Crippen LogP contribution in [0.2, 0.25) is 0 Å². The van der Waals surface area contributed by atoms with Gasteiger partial charge in [0.15, 0.2) is 4.77 Å². The van der Waals surface area contributed by atoms with Gasteiger partial charge in [-0.3, -0.25) is 4.70 Å². The van der Waals surface area contributed by atoms with Gasteiger partial charge in [-0.15, -0.1) is 0 Å². The largest absolute Gasteiger partial charge is 0.331 e. The maximum Gasteiger partial charge on any atom is 0.175 e. The van der Waals surface area contributed by atoms with Gasteiger partial charge in [-0.2, -0.15) is 0 Å². The molecule has 2 rings (SSSR count). The molecule has 4 heteroatoms. The minimum Gasteiger partial charge on any atom is -0.331 e. The zero-order valence-electron chi connectivity index (χ0n) is 5.63. The maximum absolute atomic E-state index is 4.90. The van der Waals surface area contributed by atoms with Gasteiger partial charge in [-0.05, 0) is 24.4 Å². The van der Waals surface area contributed by atoms with E-state index in [1.54, 1.807) is 0 Å². The maximum atomic E-state index is 4.90. The molecule has 0 fully saturated rings. The minimum absolute atomic E-state index is 0. The van der Waals surface area contributed by atoms with Crippen LogP contribution in [-0.2, 0) is 0 Å². The molecule has 2 N–H and O–H groups in total. The second-order valence-corrected chi connectivity index (χ2v) is 2.53. The van der Waals surface area contributed by atoms with Crippen molar-refractivity contribution in [2.75, 3.05) is 0 Å². The number of fused-ring (bicyclic) bond motifs is 1. The number of imidazole rings is 1. The fourth-order valence-electron chi connectivity index (χ4n) is 0.977. The Bertz CT molecular complexity index is 368. The molecule has 0 saturated carbocycles. The lowest BCUT2D eigenvalue weighted by atomic mass is 10.3. The van der Waals surface area contributed by atoms with Crippen molar-refractivity contribution in [2.45, 2.75) is 0 Å². The Morgan fingerprint density at radius 2 is 1.45 bits per heavy atom. The van der Waals surface area contributed by atoms with Crippen molar-refractivity contribution >= 4 is 23.3 Å². The van der Waals surface area contributed by atoms with E-state index >= 15 is 0 Å². The summed E-state index contributed by atoms with van der Waals surface area (Å²) in [6.07, 6.45) is 0. The van der Waals surface area contributed by atoms with Gasteiger partial charge in [0, 0.05) is 0 Å². The molecule has 0 aliphatic carbocycles. The first-order valence-electron chi connectivity index (χ1n) is 3.03. The minimum atomic E-state index is 0. The van der Waals surface area contributed by atoms with Crippen molar-refractivity contribution in [2.24, 2.45) is 0 Å². The number of halogens is 1. The van der Waals surface area contributed by atoms with E-state index in [-0.39, 0.29) is 4.70 Å². The number of aromatic amines is 2. The topological polar surface area (TPSA) is 31.6 Å². The van der Waals surface area contributed by atoms with Gasteiger partial charge in [0.1, 0.15) is 0 Å². The van der Waals surface area contributed by atoms with Gasteiger partial charge < -0.3 is 9.97 Å². The third-order valence-electron chi connectivity index (χ3n) is 1.42. The van der Waals surface area contributed by atoms with E-state index < -0.39 is 0 Å². The van der Waals surface area contributed by atoms with Crippen LogP contribution in [0.4, 0.5) is 4.70 Å². The van der Waals surface area contributed by atoms with E-state index in [9.17, 15) is 0 Å². The Morgan fingerprint density at radius 3 is 1.91 bits per heavy atom. The van der Waals surface area contributed by atoms with Gasteiger partial charge >= 0.3 is 0 Å². The second kappa shape index (κ2) is 2.84. The van der Waals surface area contributed by atoms with Crippen molar-refractivity contribution in [3.8, 4) is 0 Å². The van der Waals surface area contributed by atoms with E-state index in [0.717, 1.165) is 11.0 Å². The first-order valence-corrected chi connectivity index (χ1v) is 3.44. The molecule has 2 aromatic rings. The number of aromatic nitrogens is 2. The molecule has 1 heterocycles. The van der Waals surface area contributed by atoms with E-state index in [0.29, 0.717) is 4.77 Å². The van der Waals surface area contributed by atoms with Gasteiger partial charge in [0.2, 0.25) is 0 Å². The van der Waals surface area contributed by atoms with Crippen LogP contribution in [0.1, 0.15) is 0 Å². The Hall–Kier alpha value is -1.16. The summed E-state index contributed by atoms with van der Waals surface area (Å²) >= 11 is 4.90. The smallest absolute Gasteiger partial charge is 0.175 e. The molecular formula is C7H7FN2S. The molecule has 0 bridgehead atoms. The number of nitrogens with one attached hydrogen (secondary N) is 2. The number of hydrogen-bond acceptors (Lipinski definition) is 1. The first kappa shape index (κ1) is 7.94. The average Bonchev–Trinajstić information content (AvgIpc) is 2.27. The lowest BCUT2D eigenvalue weighted by Crippen LogP contribution is -1.63. The summed E-state index contributed by atoms with van der Waals surface area (Å²) in [4.78, 5) is 6.04. The molecule has 0 aliphatic heterocycles. The van der Waals surface area contributed by atoms with E-state index in [1.165, 1.54) is 0 Å². The van der Waals surface area contributed by atoms with E-state index in [4.69, 9.17) is 12.2 Å². The Morgan fingerprint density at radius 1 is 1.00 bits per heavy atom. The van der Waals surface area contributed by atoms with Gasteiger partial charge in [-0.1, -0.05) is 12.1 Å². The molecule has 0 amide bonds. The second-order valence-electron chi connectivity index (χ2n) is 2.12. The van der Waals surface area contributed by atoms with E-state index in [1.807, 2.05) is 24.3 Å². The third kappa shape index (κ3) is 1.30. The summed E-state index contributed by atoms with van der Waals surface area (Å²) in [7, 11) is 0. The van der Waals surface area contributed by atoms with Gasteiger partial charge in [0.25, 0.3) is 0 Å². The fourth-order valence-corrected chi connectivity index (χ4v) is 1.20. The van der Waals surface area contributed by atoms with E-state index in [2.05, 4.69) is 9.97 Å². The standard InChI is InChI=1S/C7H6N2S.FH/c10-7-8-5-3-1-2-4-6(5)9-7;/h1-4H,(H2,8,9,10);1H. The van der Waals surface area contributed by atoms with Crippen LogP contribution in [-0.4, -0.2) is 9.97 Å². The zero-order valence-corrected chi connectivity index (χ0v) is 6.44. The molecule has 0 aliphatic rings. The van der Waals surface area contributed by atoms with Crippen LogP contribution in [0.3, 0.4) is 0 Å². The highest BCUT2D eigenvalue weighted by Crippen LogP contribution is 2.06. The molecule has 2 nitrogen and oxygen atoms in total. The predicted molar refractivity (Wildman–Crippen MR) is 46.0 cm³/mol. The highest BCUT2D eigenvalue weighted by Gasteiger charge is 1.90. The van der Waals surface area contributed by atoms with Crippen molar-refractivity contribution in [3.05, 3.63) is 29.0 Å². The van der Waals surface area contributed by atoms with Crippen molar-refractivity contribution in [1.82, 2.24) is 9.97 Å².